The van der Waals surface area contributed by atoms with E-state index in [0.717, 1.165) is 25.2 Å². The number of nitrogens with zero attached hydrogens (tertiary/aromatic N) is 4. The minimum Gasteiger partial charge on any atom is -0.394 e. The van der Waals surface area contributed by atoms with Gasteiger partial charge in [-0.2, -0.15) is 13.2 Å². The van der Waals surface area contributed by atoms with Gasteiger partial charge < -0.3 is 15.3 Å². The summed E-state index contributed by atoms with van der Waals surface area (Å²) in [5.41, 5.74) is 0. The number of hydrogen-bond acceptors (Lipinski definition) is 6. The van der Waals surface area contributed by atoms with Gasteiger partial charge in [-0.3, -0.25) is 4.90 Å². The van der Waals surface area contributed by atoms with Crippen molar-refractivity contribution < 1.29 is 18.3 Å². The lowest BCUT2D eigenvalue weighted by molar-refractivity contribution is -0.143. The van der Waals surface area contributed by atoms with Gasteiger partial charge in [-0.25, -0.2) is 9.97 Å². The molecule has 0 spiro atoms. The molecular weight excluding hydrogens is 323 g/mol. The summed E-state index contributed by atoms with van der Waals surface area (Å²) in [7, 11) is 0. The van der Waals surface area contributed by atoms with Crippen molar-refractivity contribution in [3.05, 3.63) is 12.4 Å². The lowest BCUT2D eigenvalue weighted by Gasteiger charge is -2.24. The van der Waals surface area contributed by atoms with Gasteiger partial charge in [0.1, 0.15) is 18.0 Å². The van der Waals surface area contributed by atoms with E-state index in [0.29, 0.717) is 25.3 Å². The molecule has 2 fully saturated rings. The molecule has 2 aliphatic rings. The molecule has 0 aliphatic carbocycles. The first kappa shape index (κ1) is 17.2. The molecular formula is C15H22F3N5O. The molecule has 134 valence electrons. The molecule has 1 aromatic rings. The topological polar surface area (TPSA) is 64.5 Å². The molecule has 24 heavy (non-hydrogen) atoms. The predicted molar refractivity (Wildman–Crippen MR) is 84.0 cm³/mol. The maximum Gasteiger partial charge on any atom is 0.401 e. The Morgan fingerprint density at radius 3 is 2.83 bits per heavy atom. The standard InChI is InChI=1S/C15H22F3N5O/c16-15(17,18)9-22-5-3-11(7-22)21-13-6-14(20-10-19-13)23-4-1-2-12(23)8-24/h6,10-12,24H,1-5,7-9H2,(H,19,20,21)/t11-,12+/m1/s1. The monoisotopic (exact) mass is 345 g/mol. The van der Waals surface area contributed by atoms with Crippen molar-refractivity contribution in [1.29, 1.82) is 0 Å². The molecule has 0 radical (unpaired) electrons. The van der Waals surface area contributed by atoms with Crippen molar-refractivity contribution in [3.63, 3.8) is 0 Å². The number of halogens is 3. The Morgan fingerprint density at radius 1 is 1.25 bits per heavy atom. The van der Waals surface area contributed by atoms with Crippen LogP contribution in [0.15, 0.2) is 12.4 Å². The molecule has 0 aromatic carbocycles. The second-order valence-electron chi connectivity index (χ2n) is 6.41. The van der Waals surface area contributed by atoms with Gasteiger partial charge in [0.25, 0.3) is 0 Å². The van der Waals surface area contributed by atoms with Crippen LogP contribution >= 0.6 is 0 Å². The normalized spacial score (nSPS) is 25.4. The predicted octanol–water partition coefficient (Wildman–Crippen LogP) is 1.49. The van der Waals surface area contributed by atoms with Crippen LogP contribution in [-0.4, -0.2) is 71.0 Å². The van der Waals surface area contributed by atoms with Crippen molar-refractivity contribution in [3.8, 4) is 0 Å². The van der Waals surface area contributed by atoms with Crippen molar-refractivity contribution in [2.75, 3.05) is 43.0 Å². The minimum absolute atomic E-state index is 0.0534. The molecule has 9 heteroatoms. The van der Waals surface area contributed by atoms with Crippen molar-refractivity contribution >= 4 is 11.6 Å². The summed E-state index contributed by atoms with van der Waals surface area (Å²) in [6.07, 6.45) is -0.122. The average molecular weight is 345 g/mol. The van der Waals surface area contributed by atoms with E-state index in [1.807, 2.05) is 0 Å². The molecule has 2 saturated heterocycles. The summed E-state index contributed by atoms with van der Waals surface area (Å²) in [6.45, 7) is 0.827. The maximum atomic E-state index is 12.4. The zero-order chi connectivity index (χ0) is 17.2. The van der Waals surface area contributed by atoms with Crippen molar-refractivity contribution in [1.82, 2.24) is 14.9 Å². The third-order valence-corrected chi connectivity index (χ3v) is 4.56. The van der Waals surface area contributed by atoms with Gasteiger partial charge in [-0.05, 0) is 19.3 Å². The quantitative estimate of drug-likeness (QED) is 0.843. The number of hydrogen-bond donors (Lipinski definition) is 2. The SMILES string of the molecule is OC[C@@H]1CCCN1c1cc(N[C@@H]2CCN(CC(F)(F)F)C2)ncn1. The van der Waals surface area contributed by atoms with Gasteiger partial charge in [0.2, 0.25) is 0 Å². The first-order valence-electron chi connectivity index (χ1n) is 8.20. The first-order chi connectivity index (χ1) is 11.4. The van der Waals surface area contributed by atoms with E-state index in [9.17, 15) is 18.3 Å². The van der Waals surface area contributed by atoms with Crippen LogP contribution in [0.5, 0.6) is 0 Å². The van der Waals surface area contributed by atoms with E-state index >= 15 is 0 Å². The Hall–Kier alpha value is -1.61. The van der Waals surface area contributed by atoms with Crippen LogP contribution in [0.4, 0.5) is 24.8 Å². The van der Waals surface area contributed by atoms with E-state index in [1.54, 1.807) is 6.07 Å². The number of aromatic nitrogens is 2. The highest BCUT2D eigenvalue weighted by molar-refractivity contribution is 5.50. The number of nitrogens with one attached hydrogen (secondary N) is 1. The fraction of sp³-hybridized carbons (Fsp3) is 0.733. The molecule has 2 aliphatic heterocycles. The summed E-state index contributed by atoms with van der Waals surface area (Å²) < 4.78 is 37.3. The Balaban J connectivity index is 1.59. The number of alkyl halides is 3. The lowest BCUT2D eigenvalue weighted by atomic mass is 10.2. The van der Waals surface area contributed by atoms with Gasteiger partial charge in [-0.15, -0.1) is 0 Å². The molecule has 1 aromatic heterocycles. The molecule has 0 unspecified atom stereocenters. The highest BCUT2D eigenvalue weighted by Gasteiger charge is 2.34. The fourth-order valence-electron chi connectivity index (χ4n) is 3.47. The van der Waals surface area contributed by atoms with Gasteiger partial charge in [-0.1, -0.05) is 0 Å². The van der Waals surface area contributed by atoms with Crippen molar-refractivity contribution in [2.45, 2.75) is 37.5 Å². The van der Waals surface area contributed by atoms with Crippen molar-refractivity contribution in [2.24, 2.45) is 0 Å². The summed E-state index contributed by atoms with van der Waals surface area (Å²) in [5.74, 6) is 1.36. The fourth-order valence-corrected chi connectivity index (χ4v) is 3.47. The third kappa shape index (κ3) is 4.27. The van der Waals surface area contributed by atoms with E-state index in [2.05, 4.69) is 20.2 Å². The highest BCUT2D eigenvalue weighted by atomic mass is 19.4. The van der Waals surface area contributed by atoms with E-state index in [4.69, 9.17) is 0 Å². The highest BCUT2D eigenvalue weighted by Crippen LogP contribution is 2.26. The van der Waals surface area contributed by atoms with E-state index in [-0.39, 0.29) is 18.7 Å². The zero-order valence-corrected chi connectivity index (χ0v) is 13.3. The number of likely N-dealkylation sites (tertiary alicyclic amines) is 1. The van der Waals surface area contributed by atoms with Gasteiger partial charge in [0.15, 0.2) is 0 Å². The first-order valence-corrected chi connectivity index (χ1v) is 8.20. The van der Waals surface area contributed by atoms with Crippen LogP contribution in [0.25, 0.3) is 0 Å². The summed E-state index contributed by atoms with van der Waals surface area (Å²) in [5, 5.41) is 12.6. The third-order valence-electron chi connectivity index (χ3n) is 4.56. The van der Waals surface area contributed by atoms with E-state index in [1.165, 1.54) is 11.2 Å². The second kappa shape index (κ2) is 7.10. The van der Waals surface area contributed by atoms with Crippen LogP contribution in [0.3, 0.4) is 0 Å². The van der Waals surface area contributed by atoms with Gasteiger partial charge >= 0.3 is 6.18 Å². The van der Waals surface area contributed by atoms with Crippen LogP contribution < -0.4 is 10.2 Å². The molecule has 6 nitrogen and oxygen atoms in total. The molecule has 3 heterocycles. The molecule has 2 N–H and O–H groups in total. The smallest absolute Gasteiger partial charge is 0.394 e. The summed E-state index contributed by atoms with van der Waals surface area (Å²) in [4.78, 5) is 11.9. The lowest BCUT2D eigenvalue weighted by Crippen LogP contribution is -2.34. The van der Waals surface area contributed by atoms with Crippen LogP contribution in [0, 0.1) is 0 Å². The zero-order valence-electron chi connectivity index (χ0n) is 13.3. The summed E-state index contributed by atoms with van der Waals surface area (Å²) >= 11 is 0. The Bertz CT molecular complexity index is 556. The van der Waals surface area contributed by atoms with Crippen LogP contribution in [0.1, 0.15) is 19.3 Å². The van der Waals surface area contributed by atoms with Gasteiger partial charge in [0, 0.05) is 31.7 Å². The Morgan fingerprint density at radius 2 is 2.08 bits per heavy atom. The van der Waals surface area contributed by atoms with Crippen LogP contribution in [0.2, 0.25) is 0 Å². The molecule has 3 rings (SSSR count). The second-order valence-corrected chi connectivity index (χ2v) is 6.41. The number of rotatable bonds is 5. The molecule has 0 saturated carbocycles. The largest absolute Gasteiger partial charge is 0.401 e. The molecule has 0 bridgehead atoms. The number of anilines is 2. The molecule has 0 amide bonds. The molecule has 2 atom stereocenters. The minimum atomic E-state index is -4.16. The number of aliphatic hydroxyl groups is 1. The van der Waals surface area contributed by atoms with Gasteiger partial charge in [0.05, 0.1) is 19.2 Å². The average Bonchev–Trinajstić information content (AvgIpc) is 3.15. The summed E-state index contributed by atoms with van der Waals surface area (Å²) in [6, 6.07) is 1.82. The Labute approximate surface area is 138 Å². The maximum absolute atomic E-state index is 12.4. The van der Waals surface area contributed by atoms with E-state index < -0.39 is 12.7 Å². The number of aliphatic hydroxyl groups excluding tert-OH is 1. The Kier molecular flexibility index (Phi) is 5.09. The van der Waals surface area contributed by atoms with Crippen LogP contribution in [-0.2, 0) is 0 Å².